The van der Waals surface area contributed by atoms with Gasteiger partial charge < -0.3 is 9.64 Å². The highest BCUT2D eigenvalue weighted by atomic mass is 32.1. The van der Waals surface area contributed by atoms with E-state index in [2.05, 4.69) is 31.7 Å². The molecule has 4 rings (SSSR count). The molecular formula is C17H20N4O2S. The van der Waals surface area contributed by atoms with Crippen molar-refractivity contribution in [2.75, 3.05) is 32.8 Å². The first-order valence-corrected chi connectivity index (χ1v) is 9.15. The van der Waals surface area contributed by atoms with E-state index in [1.165, 1.54) is 5.56 Å². The zero-order valence-electron chi connectivity index (χ0n) is 13.4. The third-order valence-electron chi connectivity index (χ3n) is 4.64. The molecule has 0 saturated carbocycles. The molecule has 0 spiro atoms. The first kappa shape index (κ1) is 15.7. The van der Waals surface area contributed by atoms with E-state index in [0.29, 0.717) is 19.0 Å². The number of carbonyl (C=O) groups is 1. The molecule has 24 heavy (non-hydrogen) atoms. The van der Waals surface area contributed by atoms with Crippen LogP contribution >= 0.6 is 11.3 Å². The molecule has 2 aromatic heterocycles. The highest BCUT2D eigenvalue weighted by Gasteiger charge is 2.39. The number of thiophene rings is 1. The molecule has 2 aliphatic rings. The van der Waals surface area contributed by atoms with Crippen molar-refractivity contribution in [2.45, 2.75) is 12.6 Å². The SMILES string of the molecule is O=C(c1ncccn1)N1C[C@H]2CN(Cc3ccsc3)CCO[C@H]2C1. The van der Waals surface area contributed by atoms with Crippen LogP contribution in [-0.2, 0) is 11.3 Å². The lowest BCUT2D eigenvalue weighted by molar-refractivity contribution is 0.0480. The van der Waals surface area contributed by atoms with Crippen LogP contribution in [0.4, 0.5) is 0 Å². The third-order valence-corrected chi connectivity index (χ3v) is 5.38. The minimum absolute atomic E-state index is 0.100. The second-order valence-corrected chi connectivity index (χ2v) is 7.10. The minimum Gasteiger partial charge on any atom is -0.375 e. The second kappa shape index (κ2) is 6.96. The first-order valence-electron chi connectivity index (χ1n) is 8.21. The molecule has 0 radical (unpaired) electrons. The fourth-order valence-corrected chi connectivity index (χ4v) is 4.12. The molecule has 0 aliphatic carbocycles. The van der Waals surface area contributed by atoms with Gasteiger partial charge in [-0.1, -0.05) is 0 Å². The summed E-state index contributed by atoms with van der Waals surface area (Å²) in [7, 11) is 0. The van der Waals surface area contributed by atoms with Crippen molar-refractivity contribution in [3.05, 3.63) is 46.7 Å². The molecule has 6 nitrogen and oxygen atoms in total. The Bertz CT molecular complexity index is 679. The van der Waals surface area contributed by atoms with Crippen LogP contribution in [0.2, 0.25) is 0 Å². The molecule has 2 atom stereocenters. The predicted octanol–water partition coefficient (Wildman–Crippen LogP) is 1.51. The maximum Gasteiger partial charge on any atom is 0.291 e. The van der Waals surface area contributed by atoms with Crippen LogP contribution in [0.1, 0.15) is 16.2 Å². The minimum atomic E-state index is -0.100. The summed E-state index contributed by atoms with van der Waals surface area (Å²) >= 11 is 1.73. The van der Waals surface area contributed by atoms with Gasteiger partial charge in [0, 0.05) is 51.0 Å². The summed E-state index contributed by atoms with van der Waals surface area (Å²) < 4.78 is 6.02. The molecule has 7 heteroatoms. The van der Waals surface area contributed by atoms with Gasteiger partial charge in [0.15, 0.2) is 0 Å². The molecule has 4 heterocycles. The van der Waals surface area contributed by atoms with Crippen LogP contribution in [0, 0.1) is 5.92 Å². The number of carbonyl (C=O) groups excluding carboxylic acids is 1. The van der Waals surface area contributed by atoms with Crippen LogP contribution in [0.25, 0.3) is 0 Å². The Morgan fingerprint density at radius 2 is 2.17 bits per heavy atom. The van der Waals surface area contributed by atoms with Crippen molar-refractivity contribution < 1.29 is 9.53 Å². The summed E-state index contributed by atoms with van der Waals surface area (Å²) in [5.41, 5.74) is 1.35. The fraction of sp³-hybridized carbons (Fsp3) is 0.471. The van der Waals surface area contributed by atoms with E-state index in [1.807, 2.05) is 4.90 Å². The quantitative estimate of drug-likeness (QED) is 0.845. The number of ether oxygens (including phenoxy) is 1. The van der Waals surface area contributed by atoms with Crippen molar-refractivity contribution >= 4 is 17.2 Å². The van der Waals surface area contributed by atoms with E-state index < -0.39 is 0 Å². The van der Waals surface area contributed by atoms with Crippen LogP contribution in [0.15, 0.2) is 35.3 Å². The standard InChI is InChI=1S/C17H20N4O2S/c22-17(16-18-3-1-4-19-16)21-10-14-9-20(5-6-23-15(14)11-21)8-13-2-7-24-12-13/h1-4,7,12,14-15H,5-6,8-11H2/t14-,15+/m1/s1. The first-order chi connectivity index (χ1) is 11.8. The molecule has 2 aliphatic heterocycles. The normalized spacial score (nSPS) is 24.6. The summed E-state index contributed by atoms with van der Waals surface area (Å²) in [5, 5.41) is 4.31. The lowest BCUT2D eigenvalue weighted by Gasteiger charge is -2.22. The highest BCUT2D eigenvalue weighted by molar-refractivity contribution is 7.07. The molecule has 2 fully saturated rings. The number of amides is 1. The number of hydrogen-bond acceptors (Lipinski definition) is 6. The van der Waals surface area contributed by atoms with E-state index >= 15 is 0 Å². The number of hydrogen-bond donors (Lipinski definition) is 0. The van der Waals surface area contributed by atoms with Crippen LogP contribution in [0.5, 0.6) is 0 Å². The molecule has 1 amide bonds. The maximum atomic E-state index is 12.5. The molecule has 0 aromatic carbocycles. The smallest absolute Gasteiger partial charge is 0.291 e. The van der Waals surface area contributed by atoms with E-state index in [1.54, 1.807) is 29.8 Å². The summed E-state index contributed by atoms with van der Waals surface area (Å²) in [6.07, 6.45) is 3.33. The second-order valence-electron chi connectivity index (χ2n) is 6.32. The number of fused-ring (bicyclic) bond motifs is 1. The molecule has 2 aromatic rings. The molecular weight excluding hydrogens is 324 g/mol. The Labute approximate surface area is 145 Å². The van der Waals surface area contributed by atoms with Gasteiger partial charge in [0.1, 0.15) is 0 Å². The van der Waals surface area contributed by atoms with E-state index in [0.717, 1.165) is 26.2 Å². The average Bonchev–Trinajstić information content (AvgIpc) is 3.22. The van der Waals surface area contributed by atoms with Gasteiger partial charge in [0.05, 0.1) is 12.7 Å². The third kappa shape index (κ3) is 3.33. The van der Waals surface area contributed by atoms with Gasteiger partial charge in [-0.15, -0.1) is 0 Å². The highest BCUT2D eigenvalue weighted by Crippen LogP contribution is 2.25. The molecule has 126 valence electrons. The van der Waals surface area contributed by atoms with Crippen molar-refractivity contribution in [3.63, 3.8) is 0 Å². The van der Waals surface area contributed by atoms with Gasteiger partial charge >= 0.3 is 0 Å². The number of rotatable bonds is 3. The molecule has 0 bridgehead atoms. The Morgan fingerprint density at radius 3 is 2.96 bits per heavy atom. The van der Waals surface area contributed by atoms with Crippen molar-refractivity contribution in [3.8, 4) is 0 Å². The summed E-state index contributed by atoms with van der Waals surface area (Å²) in [6, 6.07) is 3.89. The number of likely N-dealkylation sites (tertiary alicyclic amines) is 1. The Kier molecular flexibility index (Phi) is 4.55. The van der Waals surface area contributed by atoms with Gasteiger partial charge in [-0.25, -0.2) is 9.97 Å². The lowest BCUT2D eigenvalue weighted by atomic mass is 10.1. The summed E-state index contributed by atoms with van der Waals surface area (Å²) in [6.45, 7) is 4.91. The van der Waals surface area contributed by atoms with Crippen molar-refractivity contribution in [1.82, 2.24) is 19.8 Å². The monoisotopic (exact) mass is 344 g/mol. The largest absolute Gasteiger partial charge is 0.375 e. The van der Waals surface area contributed by atoms with Crippen molar-refractivity contribution in [1.29, 1.82) is 0 Å². The number of nitrogens with zero attached hydrogens (tertiary/aromatic N) is 4. The zero-order valence-corrected chi connectivity index (χ0v) is 14.2. The van der Waals surface area contributed by atoms with Gasteiger partial charge in [0.2, 0.25) is 5.82 Å². The molecule has 2 saturated heterocycles. The topological polar surface area (TPSA) is 58.6 Å². The van der Waals surface area contributed by atoms with Crippen LogP contribution < -0.4 is 0 Å². The Hall–Kier alpha value is -1.83. The van der Waals surface area contributed by atoms with Crippen molar-refractivity contribution in [2.24, 2.45) is 5.92 Å². The number of aromatic nitrogens is 2. The van der Waals surface area contributed by atoms with Crippen LogP contribution in [0.3, 0.4) is 0 Å². The molecule has 0 unspecified atom stereocenters. The van der Waals surface area contributed by atoms with Gasteiger partial charge in [-0.2, -0.15) is 11.3 Å². The van der Waals surface area contributed by atoms with E-state index in [4.69, 9.17) is 4.74 Å². The Balaban J connectivity index is 1.41. The van der Waals surface area contributed by atoms with Gasteiger partial charge in [-0.3, -0.25) is 9.69 Å². The fourth-order valence-electron chi connectivity index (χ4n) is 3.46. The zero-order chi connectivity index (χ0) is 16.4. The summed E-state index contributed by atoms with van der Waals surface area (Å²) in [5.74, 6) is 0.513. The van der Waals surface area contributed by atoms with Gasteiger partial charge in [0.25, 0.3) is 5.91 Å². The van der Waals surface area contributed by atoms with Crippen LogP contribution in [-0.4, -0.2) is 64.6 Å². The van der Waals surface area contributed by atoms with E-state index in [9.17, 15) is 4.79 Å². The van der Waals surface area contributed by atoms with E-state index in [-0.39, 0.29) is 17.8 Å². The summed E-state index contributed by atoms with van der Waals surface area (Å²) in [4.78, 5) is 25.0. The van der Waals surface area contributed by atoms with Gasteiger partial charge in [-0.05, 0) is 28.5 Å². The predicted molar refractivity (Wildman–Crippen MR) is 90.8 cm³/mol. The molecule has 0 N–H and O–H groups in total. The average molecular weight is 344 g/mol. The lowest BCUT2D eigenvalue weighted by Crippen LogP contribution is -2.34. The maximum absolute atomic E-state index is 12.5. The Morgan fingerprint density at radius 1 is 1.29 bits per heavy atom.